The van der Waals surface area contributed by atoms with Crippen LogP contribution in [0.1, 0.15) is 62.3 Å². The molecule has 0 aliphatic carbocycles. The maximum Gasteiger partial charge on any atom is 0.350 e. The van der Waals surface area contributed by atoms with E-state index in [1.807, 2.05) is 84.9 Å². The Labute approximate surface area is 418 Å². The van der Waals surface area contributed by atoms with E-state index < -0.39 is 0 Å². The van der Waals surface area contributed by atoms with Crippen LogP contribution in [0.5, 0.6) is 0 Å². The lowest BCUT2D eigenvalue weighted by atomic mass is 10.2. The standard InChI is InChI=1S/C59H63N12/c1-5-13-54-31-17-46(3)70(54)56-33-27-50(28-34-56)60-48-19-23-52(24-20-48)62-64-58-15-7-9-39-68(58)41-11-37-66-43-44-67(45-66)38-12-42-69-40-10-8-16-59(69)65-63-53-25-21-49(22-26-53)61-51-29-35-57(36-30-51)71-47(4)18-32-55(71)14-6-2/h7-10,15-36,39-40,43-45H,5-6,11-14,37-38,41-42H2,1-4H3/q+1/p+2. The van der Waals surface area contributed by atoms with Gasteiger partial charge in [-0.05, 0) is 170 Å². The molecule has 0 unspecified atom stereocenters. The summed E-state index contributed by atoms with van der Waals surface area (Å²) in [5, 5.41) is 25.5. The van der Waals surface area contributed by atoms with Gasteiger partial charge in [-0.1, -0.05) is 38.8 Å². The van der Waals surface area contributed by atoms with Gasteiger partial charge in [0.2, 0.25) is 6.33 Å². The van der Waals surface area contributed by atoms with E-state index in [2.05, 4.69) is 190 Å². The second-order valence-corrected chi connectivity index (χ2v) is 18.0. The number of nitrogens with one attached hydrogen (secondary N) is 2. The molecule has 0 bridgehead atoms. The minimum absolute atomic E-state index is 0.799. The maximum absolute atomic E-state index is 4.64. The van der Waals surface area contributed by atoms with Crippen LogP contribution in [0.2, 0.25) is 0 Å². The van der Waals surface area contributed by atoms with Gasteiger partial charge in [0.25, 0.3) is 0 Å². The van der Waals surface area contributed by atoms with E-state index in [0.29, 0.717) is 0 Å². The molecule has 0 saturated heterocycles. The molecule has 5 heterocycles. The summed E-state index contributed by atoms with van der Waals surface area (Å²) in [7, 11) is 0. The Morgan fingerprint density at radius 3 is 1.37 bits per heavy atom. The number of aryl methyl sites for hydroxylation is 8. The van der Waals surface area contributed by atoms with Crippen molar-refractivity contribution in [2.45, 2.75) is 92.4 Å². The quantitative estimate of drug-likeness (QED) is 0.0522. The average molecular weight is 942 g/mol. The first-order valence-electron chi connectivity index (χ1n) is 25.0. The summed E-state index contributed by atoms with van der Waals surface area (Å²) in [5.74, 6) is 1.64. The van der Waals surface area contributed by atoms with Gasteiger partial charge in [-0.25, -0.2) is 18.3 Å². The highest BCUT2D eigenvalue weighted by Crippen LogP contribution is 2.27. The number of azo groups is 2. The van der Waals surface area contributed by atoms with Gasteiger partial charge in [0.1, 0.15) is 23.8 Å². The molecule has 5 aromatic heterocycles. The second kappa shape index (κ2) is 23.4. The molecule has 0 aliphatic heterocycles. The molecule has 0 fully saturated rings. The van der Waals surface area contributed by atoms with E-state index >= 15 is 0 Å². The van der Waals surface area contributed by atoms with Crippen LogP contribution in [0.4, 0.5) is 45.8 Å². The first kappa shape index (κ1) is 47.8. The van der Waals surface area contributed by atoms with Gasteiger partial charge in [-0.15, -0.1) is 0 Å². The van der Waals surface area contributed by atoms with Crippen LogP contribution in [-0.4, -0.2) is 13.7 Å². The van der Waals surface area contributed by atoms with Crippen molar-refractivity contribution in [3.05, 3.63) is 212 Å². The van der Waals surface area contributed by atoms with Crippen molar-refractivity contribution in [3.8, 4) is 11.4 Å². The number of aromatic nitrogens is 6. The number of pyridine rings is 2. The van der Waals surface area contributed by atoms with Crippen molar-refractivity contribution < 1.29 is 13.7 Å². The molecular formula is C59H65N12+3. The Hall–Kier alpha value is -8.25. The Balaban J connectivity index is 0.713. The van der Waals surface area contributed by atoms with Crippen molar-refractivity contribution in [1.29, 1.82) is 0 Å². The predicted molar refractivity (Wildman–Crippen MR) is 284 cm³/mol. The van der Waals surface area contributed by atoms with Gasteiger partial charge in [0, 0.05) is 81.9 Å². The van der Waals surface area contributed by atoms with Crippen LogP contribution in [0.15, 0.2) is 209 Å². The van der Waals surface area contributed by atoms with E-state index in [1.54, 1.807) is 0 Å². The normalized spacial score (nSPS) is 11.5. The van der Waals surface area contributed by atoms with Gasteiger partial charge < -0.3 is 19.8 Å². The Morgan fingerprint density at radius 2 is 0.901 bits per heavy atom. The average Bonchev–Trinajstić information content (AvgIpc) is 4.12. The fraction of sp³-hybridized carbons (Fsp3) is 0.237. The molecular weight excluding hydrogens is 877 g/mol. The lowest BCUT2D eigenvalue weighted by Crippen LogP contribution is -2.38. The largest absolute Gasteiger partial charge is 0.356 e. The van der Waals surface area contributed by atoms with Gasteiger partial charge in [0.15, 0.2) is 0 Å². The zero-order chi connectivity index (χ0) is 48.8. The number of hydrogen-bond donors (Lipinski definition) is 2. The summed E-state index contributed by atoms with van der Waals surface area (Å²) in [6.07, 6.45) is 16.9. The molecule has 0 aliphatic rings. The lowest BCUT2D eigenvalue weighted by molar-refractivity contribution is -0.721. The van der Waals surface area contributed by atoms with Crippen molar-refractivity contribution in [3.63, 3.8) is 0 Å². The van der Waals surface area contributed by atoms with Crippen LogP contribution in [0, 0.1) is 13.8 Å². The molecule has 0 radical (unpaired) electrons. The molecule has 0 amide bonds. The lowest BCUT2D eigenvalue weighted by Gasteiger charge is -2.13. The fourth-order valence-electron chi connectivity index (χ4n) is 9.03. The monoisotopic (exact) mass is 942 g/mol. The van der Waals surface area contributed by atoms with Crippen molar-refractivity contribution >= 4 is 45.8 Å². The van der Waals surface area contributed by atoms with E-state index in [-0.39, 0.29) is 0 Å². The second-order valence-electron chi connectivity index (χ2n) is 18.0. The minimum Gasteiger partial charge on any atom is -0.356 e. The number of anilines is 4. The van der Waals surface area contributed by atoms with Crippen LogP contribution in [0.25, 0.3) is 11.4 Å². The van der Waals surface area contributed by atoms with Crippen molar-refractivity contribution in [2.75, 3.05) is 10.6 Å². The molecule has 4 aromatic carbocycles. The molecule has 71 heavy (non-hydrogen) atoms. The van der Waals surface area contributed by atoms with Crippen molar-refractivity contribution in [2.24, 2.45) is 20.5 Å². The third kappa shape index (κ3) is 12.5. The van der Waals surface area contributed by atoms with E-state index in [9.17, 15) is 0 Å². The molecule has 12 nitrogen and oxygen atoms in total. The first-order valence-corrected chi connectivity index (χ1v) is 25.0. The van der Waals surface area contributed by atoms with Crippen LogP contribution in [0.3, 0.4) is 0 Å². The third-order valence-electron chi connectivity index (χ3n) is 12.6. The number of imidazole rings is 1. The SMILES string of the molecule is CCCc1ccc(C)n1-c1ccc(Nc2ccc(/N=N/c3cccc[n+]3CCCn3cc[n+](CCC[n+]4ccccc4/N=N/c4ccc(Nc5ccc(-n6c(C)ccc6CCC)cc5)cc4)c3)cc2)cc1. The molecule has 9 aromatic rings. The molecule has 9 rings (SSSR count). The van der Waals surface area contributed by atoms with E-state index in [0.717, 1.165) is 110 Å². The summed E-state index contributed by atoms with van der Waals surface area (Å²) in [4.78, 5) is 0. The highest BCUT2D eigenvalue weighted by atomic mass is 15.2. The summed E-state index contributed by atoms with van der Waals surface area (Å²) in [5.41, 5.74) is 13.2. The molecule has 12 heteroatoms. The van der Waals surface area contributed by atoms with E-state index in [1.165, 1.54) is 34.2 Å². The van der Waals surface area contributed by atoms with Crippen LogP contribution >= 0.6 is 0 Å². The summed E-state index contributed by atoms with van der Waals surface area (Å²) in [6, 6.07) is 54.3. The smallest absolute Gasteiger partial charge is 0.350 e. The fourth-order valence-corrected chi connectivity index (χ4v) is 9.03. The van der Waals surface area contributed by atoms with Crippen LogP contribution in [-0.2, 0) is 39.0 Å². The first-order chi connectivity index (χ1) is 34.9. The number of nitrogens with zero attached hydrogens (tertiary/aromatic N) is 10. The van der Waals surface area contributed by atoms with Crippen molar-refractivity contribution in [1.82, 2.24) is 13.7 Å². The van der Waals surface area contributed by atoms with Gasteiger partial charge in [-0.2, -0.15) is 0 Å². The molecule has 358 valence electrons. The summed E-state index contributed by atoms with van der Waals surface area (Å²) in [6.45, 7) is 12.2. The summed E-state index contributed by atoms with van der Waals surface area (Å²) < 4.78 is 13.5. The highest BCUT2D eigenvalue weighted by molar-refractivity contribution is 5.64. The Morgan fingerprint density at radius 1 is 0.451 bits per heavy atom. The van der Waals surface area contributed by atoms with Crippen LogP contribution < -0.4 is 24.3 Å². The Bertz CT molecular complexity index is 2960. The highest BCUT2D eigenvalue weighted by Gasteiger charge is 2.14. The predicted octanol–water partition coefficient (Wildman–Crippen LogP) is 14.0. The molecule has 0 atom stereocenters. The third-order valence-corrected chi connectivity index (χ3v) is 12.6. The zero-order valence-electron chi connectivity index (χ0n) is 41.4. The maximum atomic E-state index is 4.64. The Kier molecular flexibility index (Phi) is 15.7. The number of rotatable bonds is 22. The van der Waals surface area contributed by atoms with Gasteiger partial charge in [-0.3, -0.25) is 0 Å². The van der Waals surface area contributed by atoms with Gasteiger partial charge in [0.05, 0.1) is 48.8 Å². The van der Waals surface area contributed by atoms with E-state index in [4.69, 9.17) is 0 Å². The molecule has 0 saturated carbocycles. The summed E-state index contributed by atoms with van der Waals surface area (Å²) >= 11 is 0. The topological polar surface area (TPSA) is 99.9 Å². The van der Waals surface area contributed by atoms with Gasteiger partial charge >= 0.3 is 11.6 Å². The molecule has 0 spiro atoms. The molecule has 2 N–H and O–H groups in total. The number of hydrogen-bond acceptors (Lipinski definition) is 6. The minimum atomic E-state index is 0.799. The zero-order valence-corrected chi connectivity index (χ0v) is 41.4. The number of benzene rings is 4.